The number of halogens is 3. The summed E-state index contributed by atoms with van der Waals surface area (Å²) in [6, 6.07) is 5.49. The molecule has 2 aliphatic rings. The fourth-order valence-electron chi connectivity index (χ4n) is 4.25. The first-order valence-electron chi connectivity index (χ1n) is 10.7. The molecule has 0 radical (unpaired) electrons. The second kappa shape index (κ2) is 8.37. The molecule has 1 aromatic carbocycles. The van der Waals surface area contributed by atoms with Crippen molar-refractivity contribution in [3.63, 3.8) is 0 Å². The summed E-state index contributed by atoms with van der Waals surface area (Å²) < 4.78 is 50.9. The number of carbonyl (C=O) groups is 3. The zero-order valence-corrected chi connectivity index (χ0v) is 18.9. The predicted octanol–water partition coefficient (Wildman–Crippen LogP) is 3.48. The largest absolute Gasteiger partial charge is 0.490 e. The average Bonchev–Trinajstić information content (AvgIpc) is 3.04. The highest BCUT2D eigenvalue weighted by Crippen LogP contribution is 2.36. The van der Waals surface area contributed by atoms with Crippen LogP contribution in [0.1, 0.15) is 40.7 Å². The standard InChI is InChI=1S/C23H24F3N3O5/c1-13-9-16(14(2)29(13)12-23(24,25)26)17(30)11-28-20(31)22(3,27-21(28)32)15-5-6-18-19(10-15)34-8-4-7-33-18/h5-6,9-10H,4,7-8,11-12H2,1-3H3,(H,27,32). The van der Waals surface area contributed by atoms with Gasteiger partial charge in [-0.1, -0.05) is 6.07 Å². The molecule has 1 N–H and O–H groups in total. The molecule has 0 bridgehead atoms. The van der Waals surface area contributed by atoms with Gasteiger partial charge in [-0.2, -0.15) is 13.2 Å². The number of aromatic nitrogens is 1. The summed E-state index contributed by atoms with van der Waals surface area (Å²) in [4.78, 5) is 39.6. The molecular weight excluding hydrogens is 455 g/mol. The van der Waals surface area contributed by atoms with E-state index in [1.165, 1.54) is 26.8 Å². The number of ether oxygens (including phenoxy) is 2. The maximum Gasteiger partial charge on any atom is 0.406 e. The Hall–Kier alpha value is -3.50. The monoisotopic (exact) mass is 479 g/mol. The van der Waals surface area contributed by atoms with E-state index in [1.54, 1.807) is 18.2 Å². The summed E-state index contributed by atoms with van der Waals surface area (Å²) in [5.74, 6) is -0.301. The maximum absolute atomic E-state index is 13.2. The van der Waals surface area contributed by atoms with E-state index in [2.05, 4.69) is 5.32 Å². The quantitative estimate of drug-likeness (QED) is 0.524. The number of benzene rings is 1. The summed E-state index contributed by atoms with van der Waals surface area (Å²) >= 11 is 0. The number of fused-ring (bicyclic) bond motifs is 1. The van der Waals surface area contributed by atoms with Crippen molar-refractivity contribution in [2.24, 2.45) is 0 Å². The molecule has 1 unspecified atom stereocenters. The van der Waals surface area contributed by atoms with Gasteiger partial charge in [0, 0.05) is 23.4 Å². The fourth-order valence-corrected chi connectivity index (χ4v) is 4.25. The number of alkyl halides is 3. The van der Waals surface area contributed by atoms with Crippen molar-refractivity contribution in [2.45, 2.75) is 45.5 Å². The first kappa shape index (κ1) is 23.7. The van der Waals surface area contributed by atoms with Crippen LogP contribution in [-0.4, -0.2) is 53.1 Å². The lowest BCUT2D eigenvalue weighted by Crippen LogP contribution is -2.41. The summed E-state index contributed by atoms with van der Waals surface area (Å²) in [5.41, 5.74) is -0.584. The summed E-state index contributed by atoms with van der Waals surface area (Å²) in [7, 11) is 0. The highest BCUT2D eigenvalue weighted by Gasteiger charge is 2.50. The molecule has 0 saturated carbocycles. The van der Waals surface area contributed by atoms with Crippen LogP contribution in [0.3, 0.4) is 0 Å². The van der Waals surface area contributed by atoms with Gasteiger partial charge < -0.3 is 19.4 Å². The zero-order valence-electron chi connectivity index (χ0n) is 18.9. The van der Waals surface area contributed by atoms with Crippen molar-refractivity contribution >= 4 is 17.7 Å². The molecule has 0 aliphatic carbocycles. The lowest BCUT2D eigenvalue weighted by atomic mass is 9.91. The van der Waals surface area contributed by atoms with Crippen LogP contribution in [0.5, 0.6) is 11.5 Å². The minimum absolute atomic E-state index is 0.0338. The Labute approximate surface area is 193 Å². The number of Topliss-reactive ketones (excluding diaryl/α,β-unsaturated/α-hetero) is 1. The van der Waals surface area contributed by atoms with Crippen molar-refractivity contribution in [1.29, 1.82) is 0 Å². The van der Waals surface area contributed by atoms with E-state index in [-0.39, 0.29) is 17.0 Å². The number of nitrogens with zero attached hydrogens (tertiary/aromatic N) is 2. The number of amides is 3. The smallest absolute Gasteiger partial charge is 0.406 e. The molecule has 1 saturated heterocycles. The number of ketones is 1. The number of nitrogens with one attached hydrogen (secondary N) is 1. The van der Waals surface area contributed by atoms with Gasteiger partial charge in [-0.25, -0.2) is 4.79 Å². The SMILES string of the molecule is Cc1cc(C(=O)CN2C(=O)NC(C)(c3ccc4c(c3)OCCCO4)C2=O)c(C)n1CC(F)(F)F. The maximum atomic E-state index is 13.2. The van der Waals surface area contributed by atoms with Gasteiger partial charge in [-0.3, -0.25) is 14.5 Å². The van der Waals surface area contributed by atoms with Gasteiger partial charge in [0.15, 0.2) is 17.3 Å². The first-order chi connectivity index (χ1) is 15.9. The van der Waals surface area contributed by atoms with Gasteiger partial charge in [0.25, 0.3) is 5.91 Å². The Bertz CT molecular complexity index is 1170. The van der Waals surface area contributed by atoms with E-state index >= 15 is 0 Å². The third-order valence-corrected chi connectivity index (χ3v) is 6.11. The van der Waals surface area contributed by atoms with E-state index in [1.807, 2.05) is 0 Å². The molecule has 34 heavy (non-hydrogen) atoms. The van der Waals surface area contributed by atoms with Gasteiger partial charge in [0.05, 0.1) is 19.8 Å². The molecule has 2 aromatic rings. The minimum atomic E-state index is -4.45. The summed E-state index contributed by atoms with van der Waals surface area (Å²) in [5, 5.41) is 2.62. The molecule has 2 aliphatic heterocycles. The van der Waals surface area contributed by atoms with Crippen molar-refractivity contribution in [2.75, 3.05) is 19.8 Å². The summed E-state index contributed by atoms with van der Waals surface area (Å²) in [6.45, 7) is 3.50. The zero-order chi connectivity index (χ0) is 24.8. The average molecular weight is 479 g/mol. The van der Waals surface area contributed by atoms with Crippen LogP contribution in [0.25, 0.3) is 0 Å². The van der Waals surface area contributed by atoms with E-state index in [0.717, 1.165) is 9.47 Å². The number of urea groups is 1. The van der Waals surface area contributed by atoms with Crippen molar-refractivity contribution in [1.82, 2.24) is 14.8 Å². The van der Waals surface area contributed by atoms with Gasteiger partial charge >= 0.3 is 12.2 Å². The number of carbonyl (C=O) groups excluding carboxylic acids is 3. The third kappa shape index (κ3) is 4.22. The van der Waals surface area contributed by atoms with Crippen molar-refractivity contribution < 1.29 is 37.0 Å². The van der Waals surface area contributed by atoms with Crippen LogP contribution in [0.4, 0.5) is 18.0 Å². The Kier molecular flexibility index (Phi) is 5.82. The molecule has 182 valence electrons. The molecule has 1 fully saturated rings. The van der Waals surface area contributed by atoms with Crippen LogP contribution in [0.2, 0.25) is 0 Å². The minimum Gasteiger partial charge on any atom is -0.490 e. The first-order valence-corrected chi connectivity index (χ1v) is 10.7. The number of aryl methyl sites for hydroxylation is 1. The van der Waals surface area contributed by atoms with Gasteiger partial charge in [-0.05, 0) is 44.5 Å². The third-order valence-electron chi connectivity index (χ3n) is 6.11. The van der Waals surface area contributed by atoms with E-state index in [4.69, 9.17) is 9.47 Å². The van der Waals surface area contributed by atoms with Crippen LogP contribution in [-0.2, 0) is 16.9 Å². The molecule has 0 spiro atoms. The van der Waals surface area contributed by atoms with Gasteiger partial charge in [-0.15, -0.1) is 0 Å². The summed E-state index contributed by atoms with van der Waals surface area (Å²) in [6.07, 6.45) is -3.75. The highest BCUT2D eigenvalue weighted by atomic mass is 19.4. The van der Waals surface area contributed by atoms with E-state index in [9.17, 15) is 27.6 Å². The number of hydrogen-bond acceptors (Lipinski definition) is 5. The highest BCUT2D eigenvalue weighted by molar-refractivity contribution is 6.11. The van der Waals surface area contributed by atoms with Crippen LogP contribution < -0.4 is 14.8 Å². The molecular formula is C23H24F3N3O5. The predicted molar refractivity (Wildman–Crippen MR) is 114 cm³/mol. The Balaban J connectivity index is 1.56. The molecule has 1 aromatic heterocycles. The van der Waals surface area contributed by atoms with Crippen LogP contribution in [0, 0.1) is 13.8 Å². The number of hydrogen-bond donors (Lipinski definition) is 1. The van der Waals surface area contributed by atoms with Crippen molar-refractivity contribution in [3.8, 4) is 11.5 Å². The lowest BCUT2D eigenvalue weighted by Gasteiger charge is -2.23. The van der Waals surface area contributed by atoms with Crippen LogP contribution in [0.15, 0.2) is 24.3 Å². The molecule has 4 rings (SSSR count). The van der Waals surface area contributed by atoms with Gasteiger partial charge in [0.2, 0.25) is 0 Å². The lowest BCUT2D eigenvalue weighted by molar-refractivity contribution is -0.141. The molecule has 3 heterocycles. The second-order valence-electron chi connectivity index (χ2n) is 8.57. The van der Waals surface area contributed by atoms with E-state index in [0.29, 0.717) is 36.7 Å². The van der Waals surface area contributed by atoms with Crippen LogP contribution >= 0.6 is 0 Å². The molecule has 11 heteroatoms. The normalized spacial score (nSPS) is 20.4. The number of rotatable bonds is 5. The fraction of sp³-hybridized carbons (Fsp3) is 0.435. The van der Waals surface area contributed by atoms with Gasteiger partial charge in [0.1, 0.15) is 12.1 Å². The second-order valence-corrected chi connectivity index (χ2v) is 8.57. The van der Waals surface area contributed by atoms with Crippen molar-refractivity contribution in [3.05, 3.63) is 46.8 Å². The van der Waals surface area contributed by atoms with E-state index < -0.39 is 42.5 Å². The Morgan fingerprint density at radius 3 is 2.47 bits per heavy atom. The Morgan fingerprint density at radius 2 is 1.79 bits per heavy atom. The molecule has 3 amide bonds. The molecule has 8 nitrogen and oxygen atoms in total. The molecule has 1 atom stereocenters. The number of imide groups is 1. The Morgan fingerprint density at radius 1 is 1.12 bits per heavy atom. The topological polar surface area (TPSA) is 89.9 Å².